The summed E-state index contributed by atoms with van der Waals surface area (Å²) in [6.07, 6.45) is 1.91. The zero-order valence-corrected chi connectivity index (χ0v) is 20.0. The first-order valence-electron chi connectivity index (χ1n) is 11.4. The maximum Gasteiger partial charge on any atom is 0.171 e. The molecule has 0 radical (unpaired) electrons. The number of phenolic OH excluding ortho intramolecular Hbond substituents is 7. The molecule has 0 spiro atoms. The second-order valence-corrected chi connectivity index (χ2v) is 9.29. The van der Waals surface area contributed by atoms with Crippen molar-refractivity contribution >= 4 is 11.6 Å². The van der Waals surface area contributed by atoms with E-state index in [9.17, 15) is 45.3 Å². The van der Waals surface area contributed by atoms with E-state index in [1.54, 1.807) is 13.0 Å². The minimum absolute atomic E-state index is 0.145. The predicted molar refractivity (Wildman–Crippen MR) is 133 cm³/mol. The van der Waals surface area contributed by atoms with Crippen LogP contribution in [-0.2, 0) is 0 Å². The topological polar surface area (TPSA) is 176 Å². The molecule has 0 amide bonds. The zero-order chi connectivity index (χ0) is 27.2. The summed E-state index contributed by atoms with van der Waals surface area (Å²) in [5.74, 6) is -7.37. The lowest BCUT2D eigenvalue weighted by molar-refractivity contribution is 0.0876. The lowest BCUT2D eigenvalue weighted by atomic mass is 9.65. The highest BCUT2D eigenvalue weighted by molar-refractivity contribution is 6.03. The van der Waals surface area contributed by atoms with Crippen LogP contribution < -0.4 is 0 Å². The zero-order valence-electron chi connectivity index (χ0n) is 20.0. The third kappa shape index (κ3) is 4.51. The Hall–Kier alpha value is -4.66. The average molecular weight is 507 g/mol. The van der Waals surface area contributed by atoms with Crippen molar-refractivity contribution in [3.05, 3.63) is 76.4 Å². The van der Waals surface area contributed by atoms with Crippen LogP contribution in [0.2, 0.25) is 0 Å². The number of carbonyl (C=O) groups excluding carboxylic acids is 2. The van der Waals surface area contributed by atoms with Gasteiger partial charge in [-0.2, -0.15) is 0 Å². The average Bonchev–Trinajstić information content (AvgIpc) is 2.77. The fraction of sp³-hybridized carbons (Fsp3) is 0.214. The number of hydrogen-bond donors (Lipinski definition) is 7. The Balaban J connectivity index is 2.00. The highest BCUT2D eigenvalue weighted by Gasteiger charge is 2.43. The monoisotopic (exact) mass is 506 g/mol. The Morgan fingerprint density at radius 1 is 0.784 bits per heavy atom. The molecule has 192 valence electrons. The molecule has 3 aromatic carbocycles. The number of Topliss-reactive ketones (excluding diaryl/α,β-unsaturated/α-hetero) is 2. The number of benzene rings is 3. The lowest BCUT2D eigenvalue weighted by Crippen LogP contribution is -2.31. The van der Waals surface area contributed by atoms with Crippen molar-refractivity contribution in [1.82, 2.24) is 0 Å². The standard InChI is InChI=1S/C28H26O9/c1-12-7-18(16-5-3-14(30)9-20(16)32)25(27(36)17-6-4-15(31)10-21(17)33)19(8-12)26-23(35)11-22(34)24(13(2)29)28(26)37/h3-6,8-11,18-19,25,30-35,37H,7H2,1-2H3. The van der Waals surface area contributed by atoms with Gasteiger partial charge in [0.2, 0.25) is 0 Å². The Morgan fingerprint density at radius 2 is 1.41 bits per heavy atom. The van der Waals surface area contributed by atoms with Crippen molar-refractivity contribution in [3.63, 3.8) is 0 Å². The SMILES string of the molecule is CC(=O)c1c(O)cc(O)c(C2C=C(C)CC(c3ccc(O)cc3O)C2C(=O)c2ccc(O)cc2O)c1O. The fourth-order valence-electron chi connectivity index (χ4n) is 5.20. The molecule has 4 rings (SSSR count). The van der Waals surface area contributed by atoms with Crippen LogP contribution in [0.4, 0.5) is 0 Å². The highest BCUT2D eigenvalue weighted by atomic mass is 16.3. The molecule has 0 saturated heterocycles. The molecule has 0 fully saturated rings. The van der Waals surface area contributed by atoms with Crippen LogP contribution in [0.1, 0.15) is 63.9 Å². The molecule has 3 atom stereocenters. The van der Waals surface area contributed by atoms with Gasteiger partial charge in [0.15, 0.2) is 11.6 Å². The summed E-state index contributed by atoms with van der Waals surface area (Å²) in [4.78, 5) is 26.2. The molecular weight excluding hydrogens is 480 g/mol. The molecule has 1 aliphatic carbocycles. The van der Waals surface area contributed by atoms with E-state index in [2.05, 4.69) is 0 Å². The number of aromatic hydroxyl groups is 7. The molecule has 3 aromatic rings. The molecule has 7 N–H and O–H groups in total. The number of carbonyl (C=O) groups is 2. The van der Waals surface area contributed by atoms with E-state index in [-0.39, 0.29) is 34.8 Å². The van der Waals surface area contributed by atoms with E-state index in [1.165, 1.54) is 24.3 Å². The van der Waals surface area contributed by atoms with Crippen LogP contribution in [-0.4, -0.2) is 47.3 Å². The highest BCUT2D eigenvalue weighted by Crippen LogP contribution is 2.54. The summed E-state index contributed by atoms with van der Waals surface area (Å²) in [5, 5.41) is 72.6. The number of rotatable bonds is 5. The molecule has 3 unspecified atom stereocenters. The fourth-order valence-corrected chi connectivity index (χ4v) is 5.20. The van der Waals surface area contributed by atoms with Crippen LogP contribution in [0.5, 0.6) is 40.2 Å². The molecule has 9 heteroatoms. The summed E-state index contributed by atoms with van der Waals surface area (Å²) in [6.45, 7) is 2.89. The van der Waals surface area contributed by atoms with Crippen molar-refractivity contribution in [2.24, 2.45) is 5.92 Å². The molecule has 0 saturated carbocycles. The second-order valence-electron chi connectivity index (χ2n) is 9.29. The first-order valence-corrected chi connectivity index (χ1v) is 11.4. The minimum atomic E-state index is -1.14. The van der Waals surface area contributed by atoms with Crippen molar-refractivity contribution in [2.75, 3.05) is 0 Å². The molecule has 0 aliphatic heterocycles. The first-order chi connectivity index (χ1) is 17.4. The molecule has 0 bridgehead atoms. The van der Waals surface area contributed by atoms with E-state index in [1.807, 2.05) is 0 Å². The molecule has 0 aromatic heterocycles. The van der Waals surface area contributed by atoms with Crippen molar-refractivity contribution < 1.29 is 45.3 Å². The summed E-state index contributed by atoms with van der Waals surface area (Å²) < 4.78 is 0. The van der Waals surface area contributed by atoms with Gasteiger partial charge in [0.05, 0.1) is 5.56 Å². The normalized spacial score (nSPS) is 19.3. The van der Waals surface area contributed by atoms with Gasteiger partial charge in [-0.15, -0.1) is 0 Å². The molecule has 0 heterocycles. The summed E-state index contributed by atoms with van der Waals surface area (Å²) >= 11 is 0. The predicted octanol–water partition coefficient (Wildman–Crippen LogP) is 4.54. The van der Waals surface area contributed by atoms with Crippen molar-refractivity contribution in [3.8, 4) is 40.2 Å². The van der Waals surface area contributed by atoms with Gasteiger partial charge >= 0.3 is 0 Å². The van der Waals surface area contributed by atoms with Crippen molar-refractivity contribution in [1.29, 1.82) is 0 Å². The van der Waals surface area contributed by atoms with E-state index >= 15 is 0 Å². The largest absolute Gasteiger partial charge is 0.508 e. The van der Waals surface area contributed by atoms with Gasteiger partial charge in [0, 0.05) is 41.5 Å². The Bertz CT molecular complexity index is 1450. The Morgan fingerprint density at radius 3 is 2.00 bits per heavy atom. The maximum absolute atomic E-state index is 14.0. The van der Waals surface area contributed by atoms with Gasteiger partial charge in [-0.05, 0) is 44.0 Å². The first kappa shape index (κ1) is 25.4. The van der Waals surface area contributed by atoms with Crippen LogP contribution in [0, 0.1) is 5.92 Å². The number of phenols is 7. The quantitative estimate of drug-likeness (QED) is 0.193. The third-order valence-corrected chi connectivity index (χ3v) is 6.77. The molecular formula is C28H26O9. The van der Waals surface area contributed by atoms with E-state index in [0.717, 1.165) is 30.7 Å². The van der Waals surface area contributed by atoms with Crippen LogP contribution in [0.25, 0.3) is 0 Å². The summed E-state index contributed by atoms with van der Waals surface area (Å²) in [6, 6.07) is 8.31. The van der Waals surface area contributed by atoms with Crippen LogP contribution >= 0.6 is 0 Å². The lowest BCUT2D eigenvalue weighted by Gasteiger charge is -2.37. The third-order valence-electron chi connectivity index (χ3n) is 6.77. The van der Waals surface area contributed by atoms with E-state index in [0.29, 0.717) is 5.56 Å². The smallest absolute Gasteiger partial charge is 0.171 e. The van der Waals surface area contributed by atoms with E-state index < -0.39 is 57.9 Å². The number of hydrogen-bond acceptors (Lipinski definition) is 9. The second kappa shape index (κ2) is 9.42. The van der Waals surface area contributed by atoms with E-state index in [4.69, 9.17) is 0 Å². The Labute approximate surface area is 211 Å². The van der Waals surface area contributed by atoms with Gasteiger partial charge in [-0.1, -0.05) is 17.7 Å². The van der Waals surface area contributed by atoms with Gasteiger partial charge < -0.3 is 35.7 Å². The van der Waals surface area contributed by atoms with Crippen LogP contribution in [0.3, 0.4) is 0 Å². The molecule has 37 heavy (non-hydrogen) atoms. The number of ketones is 2. The van der Waals surface area contributed by atoms with Gasteiger partial charge in [-0.3, -0.25) is 9.59 Å². The summed E-state index contributed by atoms with van der Waals surface area (Å²) in [7, 11) is 0. The van der Waals surface area contributed by atoms with Crippen LogP contribution in [0.15, 0.2) is 54.1 Å². The summed E-state index contributed by atoms with van der Waals surface area (Å²) in [5.41, 5.74) is 0.289. The van der Waals surface area contributed by atoms with Gasteiger partial charge in [-0.25, -0.2) is 0 Å². The molecule has 1 aliphatic rings. The van der Waals surface area contributed by atoms with Gasteiger partial charge in [0.25, 0.3) is 0 Å². The number of allylic oxidation sites excluding steroid dienone is 2. The minimum Gasteiger partial charge on any atom is -0.508 e. The maximum atomic E-state index is 14.0. The van der Waals surface area contributed by atoms with Gasteiger partial charge in [0.1, 0.15) is 45.8 Å². The molecule has 9 nitrogen and oxygen atoms in total. The Kier molecular flexibility index (Phi) is 6.48. The van der Waals surface area contributed by atoms with Crippen molar-refractivity contribution in [2.45, 2.75) is 32.1 Å².